The molecular weight excluding hydrogens is 230 g/mol. The Kier molecular flexibility index (Phi) is 5.85. The number of nitrogen functional groups attached to an aromatic ring is 1. The topological polar surface area (TPSA) is 61.8 Å². The zero-order chi connectivity index (χ0) is 12.7. The summed E-state index contributed by atoms with van der Waals surface area (Å²) in [5, 5.41) is 13.4. The molecule has 0 fully saturated rings. The van der Waals surface area contributed by atoms with Gasteiger partial charge in [-0.05, 0) is 18.9 Å². The summed E-state index contributed by atoms with van der Waals surface area (Å²) in [6.45, 7) is 4.41. The van der Waals surface area contributed by atoms with Crippen LogP contribution in [-0.4, -0.2) is 6.04 Å². The number of nitriles is 1. The monoisotopic (exact) mass is 251 g/mol. The van der Waals surface area contributed by atoms with Crippen LogP contribution in [0, 0.1) is 11.3 Å². The molecule has 0 saturated carbocycles. The van der Waals surface area contributed by atoms with Crippen molar-refractivity contribution in [2.75, 3.05) is 11.1 Å². The highest BCUT2D eigenvalue weighted by Crippen LogP contribution is 2.29. The third kappa shape index (κ3) is 4.27. The van der Waals surface area contributed by atoms with E-state index in [1.807, 2.05) is 6.07 Å². The predicted molar refractivity (Wildman–Crippen MR) is 75.3 cm³/mol. The van der Waals surface area contributed by atoms with Gasteiger partial charge in [-0.25, -0.2) is 0 Å². The van der Waals surface area contributed by atoms with Gasteiger partial charge in [-0.3, -0.25) is 0 Å². The molecule has 0 aliphatic heterocycles. The van der Waals surface area contributed by atoms with Gasteiger partial charge < -0.3 is 11.1 Å². The molecule has 3 nitrogen and oxygen atoms in total. The largest absolute Gasteiger partial charge is 0.397 e. The average Bonchev–Trinajstić information content (AvgIpc) is 2.66. The van der Waals surface area contributed by atoms with E-state index in [-0.39, 0.29) is 0 Å². The molecule has 0 saturated heterocycles. The molecule has 3 N–H and O–H groups in total. The maximum atomic E-state index is 8.86. The fourth-order valence-electron chi connectivity index (χ4n) is 1.85. The Bertz CT molecular complexity index is 379. The Hall–Kier alpha value is -1.21. The van der Waals surface area contributed by atoms with Crippen molar-refractivity contribution >= 4 is 22.0 Å². The minimum Gasteiger partial charge on any atom is -0.397 e. The highest BCUT2D eigenvalue weighted by atomic mass is 32.1. The third-order valence-corrected chi connectivity index (χ3v) is 3.74. The number of nitrogens with one attached hydrogen (secondary N) is 1. The standard InChI is InChI=1S/C13H21N3S/c1-3-5-7-10(6-4-2)16-13-8-11(15)12(9-14)17-13/h8,10,16H,3-7,15H2,1-2H3. The van der Waals surface area contributed by atoms with Crippen molar-refractivity contribution in [2.24, 2.45) is 0 Å². The van der Waals surface area contributed by atoms with Crippen LogP contribution in [0.2, 0.25) is 0 Å². The van der Waals surface area contributed by atoms with Gasteiger partial charge in [0.25, 0.3) is 0 Å². The molecular formula is C13H21N3S. The normalized spacial score (nSPS) is 12.1. The van der Waals surface area contributed by atoms with E-state index in [4.69, 9.17) is 11.0 Å². The van der Waals surface area contributed by atoms with Crippen LogP contribution < -0.4 is 11.1 Å². The molecule has 4 heteroatoms. The van der Waals surface area contributed by atoms with Crippen molar-refractivity contribution < 1.29 is 0 Å². The van der Waals surface area contributed by atoms with E-state index < -0.39 is 0 Å². The number of unbranched alkanes of at least 4 members (excludes halogenated alkanes) is 1. The van der Waals surface area contributed by atoms with E-state index in [0.717, 1.165) is 5.00 Å². The zero-order valence-corrected chi connectivity index (χ0v) is 11.4. The Labute approximate surface area is 108 Å². The second-order valence-electron chi connectivity index (χ2n) is 4.28. The Morgan fingerprint density at radius 1 is 1.41 bits per heavy atom. The first-order chi connectivity index (χ1) is 8.21. The van der Waals surface area contributed by atoms with Gasteiger partial charge in [-0.15, -0.1) is 11.3 Å². The fourth-order valence-corrected chi connectivity index (χ4v) is 2.71. The summed E-state index contributed by atoms with van der Waals surface area (Å²) < 4.78 is 0. The van der Waals surface area contributed by atoms with Gasteiger partial charge in [0.15, 0.2) is 0 Å². The van der Waals surface area contributed by atoms with Crippen LogP contribution in [0.3, 0.4) is 0 Å². The lowest BCUT2D eigenvalue weighted by molar-refractivity contribution is 0.565. The summed E-state index contributed by atoms with van der Waals surface area (Å²) in [6, 6.07) is 4.49. The van der Waals surface area contributed by atoms with E-state index >= 15 is 0 Å². The van der Waals surface area contributed by atoms with Crippen molar-refractivity contribution in [3.8, 4) is 6.07 Å². The SMILES string of the molecule is CCCCC(CCC)Nc1cc(N)c(C#N)s1. The van der Waals surface area contributed by atoms with Crippen LogP contribution in [0.1, 0.15) is 50.8 Å². The van der Waals surface area contributed by atoms with Crippen LogP contribution in [-0.2, 0) is 0 Å². The fraction of sp³-hybridized carbons (Fsp3) is 0.615. The van der Waals surface area contributed by atoms with Gasteiger partial charge in [-0.2, -0.15) is 5.26 Å². The van der Waals surface area contributed by atoms with E-state index in [2.05, 4.69) is 25.2 Å². The van der Waals surface area contributed by atoms with Gasteiger partial charge in [0, 0.05) is 6.04 Å². The lowest BCUT2D eigenvalue weighted by Crippen LogP contribution is -2.18. The second kappa shape index (κ2) is 7.18. The molecule has 1 unspecified atom stereocenters. The zero-order valence-electron chi connectivity index (χ0n) is 10.6. The summed E-state index contributed by atoms with van der Waals surface area (Å²) >= 11 is 1.45. The molecule has 0 amide bonds. The average molecular weight is 251 g/mol. The smallest absolute Gasteiger partial charge is 0.129 e. The number of nitrogens with zero attached hydrogens (tertiary/aromatic N) is 1. The lowest BCUT2D eigenvalue weighted by atomic mass is 10.1. The summed E-state index contributed by atoms with van der Waals surface area (Å²) in [5.41, 5.74) is 6.34. The van der Waals surface area contributed by atoms with Gasteiger partial charge >= 0.3 is 0 Å². The van der Waals surface area contributed by atoms with Crippen molar-refractivity contribution in [1.29, 1.82) is 5.26 Å². The van der Waals surface area contributed by atoms with Gasteiger partial charge in [-0.1, -0.05) is 33.1 Å². The molecule has 0 radical (unpaired) electrons. The maximum absolute atomic E-state index is 8.86. The molecule has 0 spiro atoms. The molecule has 17 heavy (non-hydrogen) atoms. The molecule has 1 aromatic rings. The van der Waals surface area contributed by atoms with E-state index in [9.17, 15) is 0 Å². The highest BCUT2D eigenvalue weighted by molar-refractivity contribution is 7.17. The lowest BCUT2D eigenvalue weighted by Gasteiger charge is -2.17. The molecule has 1 rings (SSSR count). The summed E-state index contributed by atoms with van der Waals surface area (Å²) in [7, 11) is 0. The highest BCUT2D eigenvalue weighted by Gasteiger charge is 2.10. The van der Waals surface area contributed by atoms with Crippen LogP contribution >= 0.6 is 11.3 Å². The van der Waals surface area contributed by atoms with Crippen molar-refractivity contribution in [3.63, 3.8) is 0 Å². The van der Waals surface area contributed by atoms with Crippen molar-refractivity contribution in [3.05, 3.63) is 10.9 Å². The minimum atomic E-state index is 0.504. The Morgan fingerprint density at radius 2 is 2.18 bits per heavy atom. The summed E-state index contributed by atoms with van der Waals surface area (Å²) in [6.07, 6.45) is 5.98. The Balaban J connectivity index is 2.61. The van der Waals surface area contributed by atoms with Crippen LogP contribution in [0.5, 0.6) is 0 Å². The number of anilines is 2. The van der Waals surface area contributed by atoms with Gasteiger partial charge in [0.2, 0.25) is 0 Å². The number of hydrogen-bond acceptors (Lipinski definition) is 4. The number of thiophene rings is 1. The molecule has 0 bridgehead atoms. The van der Waals surface area contributed by atoms with E-state index in [1.165, 1.54) is 43.4 Å². The number of rotatable bonds is 7. The molecule has 94 valence electrons. The summed E-state index contributed by atoms with van der Waals surface area (Å²) in [5.74, 6) is 0. The molecule has 1 atom stereocenters. The second-order valence-corrected chi connectivity index (χ2v) is 5.33. The summed E-state index contributed by atoms with van der Waals surface area (Å²) in [4.78, 5) is 0.609. The van der Waals surface area contributed by atoms with Gasteiger partial charge in [0.1, 0.15) is 10.9 Å². The first-order valence-corrected chi connectivity index (χ1v) is 7.08. The van der Waals surface area contributed by atoms with Crippen molar-refractivity contribution in [2.45, 2.75) is 52.0 Å². The predicted octanol–water partition coefficient (Wildman–Crippen LogP) is 3.97. The molecule has 1 heterocycles. The number of hydrogen-bond donors (Lipinski definition) is 2. The van der Waals surface area contributed by atoms with Gasteiger partial charge in [0.05, 0.1) is 10.7 Å². The van der Waals surface area contributed by atoms with E-state index in [1.54, 1.807) is 0 Å². The van der Waals surface area contributed by atoms with Crippen LogP contribution in [0.15, 0.2) is 6.07 Å². The molecule has 0 aromatic carbocycles. The minimum absolute atomic E-state index is 0.504. The maximum Gasteiger partial charge on any atom is 0.129 e. The van der Waals surface area contributed by atoms with Crippen LogP contribution in [0.25, 0.3) is 0 Å². The van der Waals surface area contributed by atoms with Crippen molar-refractivity contribution in [1.82, 2.24) is 0 Å². The first kappa shape index (κ1) is 13.9. The number of nitrogens with two attached hydrogens (primary N) is 1. The molecule has 0 aliphatic carbocycles. The quantitative estimate of drug-likeness (QED) is 0.770. The molecule has 1 aromatic heterocycles. The van der Waals surface area contributed by atoms with Crippen LogP contribution in [0.4, 0.5) is 10.7 Å². The first-order valence-electron chi connectivity index (χ1n) is 6.27. The third-order valence-electron chi connectivity index (χ3n) is 2.75. The Morgan fingerprint density at radius 3 is 2.71 bits per heavy atom. The van der Waals surface area contributed by atoms with E-state index in [0.29, 0.717) is 16.6 Å². The molecule has 0 aliphatic rings.